The zero-order valence-electron chi connectivity index (χ0n) is 14.2. The molecular weight excluding hydrogens is 430 g/mol. The molecule has 27 heavy (non-hydrogen) atoms. The summed E-state index contributed by atoms with van der Waals surface area (Å²) in [6.07, 6.45) is 2.85. The second-order valence-electron chi connectivity index (χ2n) is 5.61. The predicted molar refractivity (Wildman–Crippen MR) is 111 cm³/mol. The summed E-state index contributed by atoms with van der Waals surface area (Å²) in [6, 6.07) is 13.9. The Morgan fingerprint density at radius 3 is 2.70 bits per heavy atom. The molecule has 0 bridgehead atoms. The maximum Gasteiger partial charge on any atom is 0.270 e. The molecular formula is C19H14BrN3O3S. The Morgan fingerprint density at radius 2 is 2.00 bits per heavy atom. The molecule has 1 aromatic heterocycles. The summed E-state index contributed by atoms with van der Waals surface area (Å²) in [6.45, 7) is 1.95. The van der Waals surface area contributed by atoms with E-state index in [1.807, 2.05) is 31.2 Å². The Labute approximate surface area is 167 Å². The number of hydrogen-bond acceptors (Lipinski definition) is 5. The number of carbonyl (C=O) groups excluding carboxylic acids is 1. The summed E-state index contributed by atoms with van der Waals surface area (Å²) < 4.78 is 0.985. The van der Waals surface area contributed by atoms with Gasteiger partial charge in [0.25, 0.3) is 5.69 Å². The van der Waals surface area contributed by atoms with Crippen molar-refractivity contribution in [2.24, 2.45) is 0 Å². The quantitative estimate of drug-likeness (QED) is 0.323. The van der Waals surface area contributed by atoms with Crippen LogP contribution in [0.25, 0.3) is 17.3 Å². The van der Waals surface area contributed by atoms with Crippen LogP contribution in [0.4, 0.5) is 10.8 Å². The van der Waals surface area contributed by atoms with Gasteiger partial charge in [-0.1, -0.05) is 40.2 Å². The van der Waals surface area contributed by atoms with Gasteiger partial charge in [-0.3, -0.25) is 20.2 Å². The van der Waals surface area contributed by atoms with Crippen molar-refractivity contribution in [3.05, 3.63) is 79.6 Å². The molecule has 3 aromatic rings. The van der Waals surface area contributed by atoms with Crippen LogP contribution in [0.3, 0.4) is 0 Å². The van der Waals surface area contributed by atoms with Gasteiger partial charge in [0.05, 0.1) is 10.6 Å². The van der Waals surface area contributed by atoms with Crippen LogP contribution >= 0.6 is 27.3 Å². The average Bonchev–Trinajstić information content (AvgIpc) is 3.01. The van der Waals surface area contributed by atoms with Crippen LogP contribution in [0.1, 0.15) is 10.4 Å². The van der Waals surface area contributed by atoms with E-state index in [2.05, 4.69) is 26.2 Å². The van der Waals surface area contributed by atoms with Crippen LogP contribution in [0.2, 0.25) is 0 Å². The highest BCUT2D eigenvalue weighted by atomic mass is 79.9. The molecule has 0 aliphatic rings. The van der Waals surface area contributed by atoms with Crippen molar-refractivity contribution >= 4 is 50.1 Å². The number of hydrogen-bond donors (Lipinski definition) is 1. The molecule has 0 saturated carbocycles. The van der Waals surface area contributed by atoms with Gasteiger partial charge in [0.2, 0.25) is 5.91 Å². The molecule has 0 saturated heterocycles. The Bertz CT molecular complexity index is 1030. The first kappa shape index (κ1) is 18.9. The molecule has 8 heteroatoms. The SMILES string of the molecule is Cc1sc(NC(=O)/C=C/c2cccc([N+](=O)[O-])c2)nc1-c1ccc(Br)cc1. The molecule has 3 rings (SSSR count). The van der Waals surface area contributed by atoms with E-state index in [-0.39, 0.29) is 11.6 Å². The van der Waals surface area contributed by atoms with Gasteiger partial charge in [-0.25, -0.2) is 4.98 Å². The number of halogens is 1. The molecule has 0 aliphatic heterocycles. The molecule has 136 valence electrons. The van der Waals surface area contributed by atoms with E-state index in [1.54, 1.807) is 12.1 Å². The number of non-ortho nitro benzene ring substituents is 1. The summed E-state index contributed by atoms with van der Waals surface area (Å²) >= 11 is 4.80. The van der Waals surface area contributed by atoms with Crippen molar-refractivity contribution in [2.45, 2.75) is 6.92 Å². The molecule has 1 amide bonds. The highest BCUT2D eigenvalue weighted by Crippen LogP contribution is 2.31. The zero-order valence-corrected chi connectivity index (χ0v) is 16.6. The molecule has 0 atom stereocenters. The van der Waals surface area contributed by atoms with E-state index >= 15 is 0 Å². The number of amides is 1. The van der Waals surface area contributed by atoms with Crippen LogP contribution in [-0.2, 0) is 4.79 Å². The number of nitrogens with zero attached hydrogens (tertiary/aromatic N) is 2. The third-order valence-electron chi connectivity index (χ3n) is 3.65. The first-order valence-corrected chi connectivity index (χ1v) is 9.50. The number of nitro benzene ring substituents is 1. The second kappa shape index (κ2) is 8.24. The lowest BCUT2D eigenvalue weighted by atomic mass is 10.1. The second-order valence-corrected chi connectivity index (χ2v) is 7.72. The summed E-state index contributed by atoms with van der Waals surface area (Å²) in [5.41, 5.74) is 2.35. The normalized spacial score (nSPS) is 10.9. The van der Waals surface area contributed by atoms with E-state index in [0.29, 0.717) is 10.7 Å². The van der Waals surface area contributed by atoms with Gasteiger partial charge in [-0.15, -0.1) is 11.3 Å². The molecule has 0 fully saturated rings. The van der Waals surface area contributed by atoms with E-state index in [1.165, 1.54) is 35.6 Å². The van der Waals surface area contributed by atoms with Gasteiger partial charge < -0.3 is 0 Å². The van der Waals surface area contributed by atoms with Crippen molar-refractivity contribution in [1.29, 1.82) is 0 Å². The van der Waals surface area contributed by atoms with Crippen molar-refractivity contribution < 1.29 is 9.72 Å². The lowest BCUT2D eigenvalue weighted by Gasteiger charge is -1.99. The third kappa shape index (κ3) is 4.87. The molecule has 0 spiro atoms. The number of carbonyl (C=O) groups is 1. The summed E-state index contributed by atoms with van der Waals surface area (Å²) in [5.74, 6) is -0.349. The van der Waals surface area contributed by atoms with Crippen molar-refractivity contribution in [1.82, 2.24) is 4.98 Å². The van der Waals surface area contributed by atoms with Gasteiger partial charge in [0.1, 0.15) is 0 Å². The number of rotatable bonds is 5. The van der Waals surface area contributed by atoms with E-state index in [9.17, 15) is 14.9 Å². The van der Waals surface area contributed by atoms with E-state index < -0.39 is 4.92 Å². The average molecular weight is 444 g/mol. The van der Waals surface area contributed by atoms with Crippen LogP contribution in [-0.4, -0.2) is 15.8 Å². The third-order valence-corrected chi connectivity index (χ3v) is 5.07. The number of aryl methyl sites for hydroxylation is 1. The molecule has 0 radical (unpaired) electrons. The lowest BCUT2D eigenvalue weighted by molar-refractivity contribution is -0.384. The molecule has 1 N–H and O–H groups in total. The lowest BCUT2D eigenvalue weighted by Crippen LogP contribution is -2.07. The Morgan fingerprint density at radius 1 is 1.26 bits per heavy atom. The minimum absolute atomic E-state index is 0.0211. The van der Waals surface area contributed by atoms with Crippen LogP contribution in [0.5, 0.6) is 0 Å². The number of nitro groups is 1. The van der Waals surface area contributed by atoms with Gasteiger partial charge in [-0.05, 0) is 30.7 Å². The Balaban J connectivity index is 1.71. The fourth-order valence-electron chi connectivity index (χ4n) is 2.39. The van der Waals surface area contributed by atoms with Crippen molar-refractivity contribution in [3.63, 3.8) is 0 Å². The topological polar surface area (TPSA) is 85.1 Å². The maximum absolute atomic E-state index is 12.1. The number of anilines is 1. The highest BCUT2D eigenvalue weighted by Gasteiger charge is 2.11. The Kier molecular flexibility index (Phi) is 5.78. The van der Waals surface area contributed by atoms with E-state index in [0.717, 1.165) is 20.6 Å². The molecule has 0 unspecified atom stereocenters. The van der Waals surface area contributed by atoms with Crippen LogP contribution in [0, 0.1) is 17.0 Å². The molecule has 0 aliphatic carbocycles. The van der Waals surface area contributed by atoms with Gasteiger partial charge >= 0.3 is 0 Å². The van der Waals surface area contributed by atoms with Crippen molar-refractivity contribution in [3.8, 4) is 11.3 Å². The minimum Gasteiger partial charge on any atom is -0.298 e. The smallest absolute Gasteiger partial charge is 0.270 e. The van der Waals surface area contributed by atoms with Gasteiger partial charge in [0, 0.05) is 33.1 Å². The first-order valence-electron chi connectivity index (χ1n) is 7.89. The van der Waals surface area contributed by atoms with Crippen molar-refractivity contribution in [2.75, 3.05) is 5.32 Å². The van der Waals surface area contributed by atoms with Crippen LogP contribution < -0.4 is 5.32 Å². The standard InChI is InChI=1S/C19H14BrN3O3S/c1-12-18(14-6-8-15(20)9-7-14)22-19(27-12)21-17(24)10-5-13-3-2-4-16(11-13)23(25)26/h2-11H,1H3,(H,21,22,24)/b10-5+. The first-order chi connectivity index (χ1) is 12.9. The summed E-state index contributed by atoms with van der Waals surface area (Å²) in [7, 11) is 0. The predicted octanol–water partition coefficient (Wildman–Crippen LogP) is 5.44. The largest absolute Gasteiger partial charge is 0.298 e. The fraction of sp³-hybridized carbons (Fsp3) is 0.0526. The summed E-state index contributed by atoms with van der Waals surface area (Å²) in [5, 5.41) is 14.0. The highest BCUT2D eigenvalue weighted by molar-refractivity contribution is 9.10. The zero-order chi connectivity index (χ0) is 19.4. The van der Waals surface area contributed by atoms with Crippen LogP contribution in [0.15, 0.2) is 59.1 Å². The molecule has 1 heterocycles. The maximum atomic E-state index is 12.1. The number of aromatic nitrogens is 1. The number of thiazole rings is 1. The molecule has 2 aromatic carbocycles. The number of nitrogens with one attached hydrogen (secondary N) is 1. The fourth-order valence-corrected chi connectivity index (χ4v) is 3.49. The summed E-state index contributed by atoms with van der Waals surface area (Å²) in [4.78, 5) is 27.9. The van der Waals surface area contributed by atoms with Gasteiger partial charge in [-0.2, -0.15) is 0 Å². The van der Waals surface area contributed by atoms with Gasteiger partial charge in [0.15, 0.2) is 5.13 Å². The number of benzene rings is 2. The molecule has 6 nitrogen and oxygen atoms in total. The monoisotopic (exact) mass is 443 g/mol. The Hall–Kier alpha value is -2.84. The van der Waals surface area contributed by atoms with E-state index in [4.69, 9.17) is 0 Å². The minimum atomic E-state index is -0.473.